The second kappa shape index (κ2) is 6.59. The van der Waals surface area contributed by atoms with E-state index in [9.17, 15) is 4.79 Å². The Balaban J connectivity index is 2.01. The standard InChI is InChI=1S/C16H18N2O/c1-2-12-17-16(19)18-15-10-8-14(9-11-15)13-6-4-3-5-7-13/h3-11H,2,12H2,1H3,(H2,17,18,19). The number of hydrogen-bond donors (Lipinski definition) is 2. The van der Waals surface area contributed by atoms with Gasteiger partial charge in [-0.15, -0.1) is 0 Å². The molecule has 0 saturated heterocycles. The molecule has 3 heteroatoms. The van der Waals surface area contributed by atoms with Crippen LogP contribution in [0.25, 0.3) is 11.1 Å². The first kappa shape index (κ1) is 13.1. The van der Waals surface area contributed by atoms with Gasteiger partial charge in [0.05, 0.1) is 0 Å². The molecular weight excluding hydrogens is 236 g/mol. The van der Waals surface area contributed by atoms with Crippen molar-refractivity contribution in [3.8, 4) is 11.1 Å². The lowest BCUT2D eigenvalue weighted by atomic mass is 10.1. The highest BCUT2D eigenvalue weighted by Crippen LogP contribution is 2.20. The Bertz CT molecular complexity index is 520. The number of urea groups is 1. The lowest BCUT2D eigenvalue weighted by molar-refractivity contribution is 0.252. The smallest absolute Gasteiger partial charge is 0.319 e. The van der Waals surface area contributed by atoms with Crippen molar-refractivity contribution in [2.75, 3.05) is 11.9 Å². The number of hydrogen-bond acceptors (Lipinski definition) is 1. The van der Waals surface area contributed by atoms with Gasteiger partial charge in [-0.1, -0.05) is 49.4 Å². The van der Waals surface area contributed by atoms with E-state index in [1.807, 2.05) is 49.4 Å². The van der Waals surface area contributed by atoms with E-state index in [0.717, 1.165) is 17.7 Å². The fourth-order valence-electron chi connectivity index (χ4n) is 1.79. The minimum atomic E-state index is -0.158. The van der Waals surface area contributed by atoms with Crippen molar-refractivity contribution in [2.24, 2.45) is 0 Å². The van der Waals surface area contributed by atoms with E-state index in [2.05, 4.69) is 22.8 Å². The molecule has 0 saturated carbocycles. The zero-order chi connectivity index (χ0) is 13.5. The lowest BCUT2D eigenvalue weighted by Crippen LogP contribution is -2.29. The van der Waals surface area contributed by atoms with Gasteiger partial charge in [-0.25, -0.2) is 4.79 Å². The van der Waals surface area contributed by atoms with Crippen molar-refractivity contribution in [1.29, 1.82) is 0 Å². The molecule has 2 rings (SSSR count). The van der Waals surface area contributed by atoms with Gasteiger partial charge in [0.15, 0.2) is 0 Å². The molecule has 2 N–H and O–H groups in total. The molecule has 19 heavy (non-hydrogen) atoms. The molecule has 0 aliphatic rings. The summed E-state index contributed by atoms with van der Waals surface area (Å²) in [6, 6.07) is 17.8. The van der Waals surface area contributed by atoms with Crippen molar-refractivity contribution < 1.29 is 4.79 Å². The summed E-state index contributed by atoms with van der Waals surface area (Å²) in [4.78, 5) is 11.5. The van der Waals surface area contributed by atoms with Crippen LogP contribution in [0.1, 0.15) is 13.3 Å². The van der Waals surface area contributed by atoms with Crippen molar-refractivity contribution in [3.05, 3.63) is 54.6 Å². The second-order valence-electron chi connectivity index (χ2n) is 4.32. The van der Waals surface area contributed by atoms with E-state index < -0.39 is 0 Å². The van der Waals surface area contributed by atoms with Gasteiger partial charge in [0.2, 0.25) is 0 Å². The van der Waals surface area contributed by atoms with Crippen LogP contribution in [0.2, 0.25) is 0 Å². The van der Waals surface area contributed by atoms with Gasteiger partial charge in [-0.05, 0) is 29.7 Å². The van der Waals surface area contributed by atoms with Crippen LogP contribution in [-0.4, -0.2) is 12.6 Å². The van der Waals surface area contributed by atoms with Crippen LogP contribution in [-0.2, 0) is 0 Å². The van der Waals surface area contributed by atoms with Gasteiger partial charge in [-0.3, -0.25) is 0 Å². The zero-order valence-electron chi connectivity index (χ0n) is 11.0. The summed E-state index contributed by atoms with van der Waals surface area (Å²) in [7, 11) is 0. The third-order valence-electron chi connectivity index (χ3n) is 2.79. The molecule has 0 bridgehead atoms. The molecule has 0 aromatic heterocycles. The van der Waals surface area contributed by atoms with Gasteiger partial charge in [0.25, 0.3) is 0 Å². The third-order valence-corrected chi connectivity index (χ3v) is 2.79. The van der Waals surface area contributed by atoms with Crippen molar-refractivity contribution in [3.63, 3.8) is 0 Å². The Kier molecular flexibility index (Phi) is 4.56. The summed E-state index contributed by atoms with van der Waals surface area (Å²) in [6.07, 6.45) is 0.931. The second-order valence-corrected chi connectivity index (χ2v) is 4.32. The molecule has 0 heterocycles. The maximum atomic E-state index is 11.5. The largest absolute Gasteiger partial charge is 0.338 e. The van der Waals surface area contributed by atoms with Crippen molar-refractivity contribution in [2.45, 2.75) is 13.3 Å². The number of nitrogens with one attached hydrogen (secondary N) is 2. The Morgan fingerprint density at radius 3 is 2.21 bits per heavy atom. The highest BCUT2D eigenvalue weighted by atomic mass is 16.2. The Hall–Kier alpha value is -2.29. The van der Waals surface area contributed by atoms with Gasteiger partial charge in [0.1, 0.15) is 0 Å². The molecule has 0 unspecified atom stereocenters. The van der Waals surface area contributed by atoms with Crippen LogP contribution in [0, 0.1) is 0 Å². The Labute approximate surface area is 113 Å². The summed E-state index contributed by atoms with van der Waals surface area (Å²) in [5.74, 6) is 0. The highest BCUT2D eigenvalue weighted by molar-refractivity contribution is 5.89. The van der Waals surface area contributed by atoms with Crippen LogP contribution in [0.15, 0.2) is 54.6 Å². The first-order valence-electron chi connectivity index (χ1n) is 6.50. The van der Waals surface area contributed by atoms with Crippen LogP contribution >= 0.6 is 0 Å². The van der Waals surface area contributed by atoms with E-state index in [4.69, 9.17) is 0 Å². The first-order chi connectivity index (χ1) is 9.29. The molecule has 0 aliphatic heterocycles. The zero-order valence-corrected chi connectivity index (χ0v) is 11.0. The number of benzene rings is 2. The molecule has 0 radical (unpaired) electrons. The summed E-state index contributed by atoms with van der Waals surface area (Å²) in [5, 5.41) is 5.58. The predicted molar refractivity (Wildman–Crippen MR) is 79.2 cm³/mol. The van der Waals surface area contributed by atoms with Crippen LogP contribution in [0.3, 0.4) is 0 Å². The summed E-state index contributed by atoms with van der Waals surface area (Å²) < 4.78 is 0. The molecular formula is C16H18N2O. The molecule has 0 fully saturated rings. The predicted octanol–water partition coefficient (Wildman–Crippen LogP) is 3.89. The highest BCUT2D eigenvalue weighted by Gasteiger charge is 2.01. The molecule has 0 aliphatic carbocycles. The summed E-state index contributed by atoms with van der Waals surface area (Å²) in [5.41, 5.74) is 3.11. The van der Waals surface area contributed by atoms with E-state index >= 15 is 0 Å². The van der Waals surface area contributed by atoms with Gasteiger partial charge in [-0.2, -0.15) is 0 Å². The molecule has 2 aromatic carbocycles. The topological polar surface area (TPSA) is 41.1 Å². The maximum Gasteiger partial charge on any atom is 0.319 e. The molecule has 98 valence electrons. The Morgan fingerprint density at radius 2 is 1.58 bits per heavy atom. The fraction of sp³-hybridized carbons (Fsp3) is 0.188. The minimum absolute atomic E-state index is 0.158. The fourth-order valence-corrected chi connectivity index (χ4v) is 1.79. The molecule has 3 nitrogen and oxygen atoms in total. The number of amides is 2. The van der Waals surface area contributed by atoms with Gasteiger partial charge < -0.3 is 10.6 Å². The SMILES string of the molecule is CCCNC(=O)Nc1ccc(-c2ccccc2)cc1. The average Bonchev–Trinajstić information content (AvgIpc) is 2.47. The third kappa shape index (κ3) is 3.85. The normalized spacial score (nSPS) is 9.95. The van der Waals surface area contributed by atoms with E-state index in [1.165, 1.54) is 5.56 Å². The molecule has 2 amide bonds. The van der Waals surface area contributed by atoms with Crippen molar-refractivity contribution >= 4 is 11.7 Å². The molecule has 2 aromatic rings. The maximum absolute atomic E-state index is 11.5. The number of carbonyl (C=O) groups excluding carboxylic acids is 1. The van der Waals surface area contributed by atoms with Crippen LogP contribution in [0.5, 0.6) is 0 Å². The number of rotatable bonds is 4. The van der Waals surface area contributed by atoms with Gasteiger partial charge in [0, 0.05) is 12.2 Å². The number of carbonyl (C=O) groups is 1. The Morgan fingerprint density at radius 1 is 0.947 bits per heavy atom. The quantitative estimate of drug-likeness (QED) is 0.854. The van der Waals surface area contributed by atoms with E-state index in [0.29, 0.717) is 6.54 Å². The average molecular weight is 254 g/mol. The van der Waals surface area contributed by atoms with Crippen LogP contribution in [0.4, 0.5) is 10.5 Å². The van der Waals surface area contributed by atoms with Gasteiger partial charge >= 0.3 is 6.03 Å². The lowest BCUT2D eigenvalue weighted by Gasteiger charge is -2.07. The first-order valence-corrected chi connectivity index (χ1v) is 6.50. The summed E-state index contributed by atoms with van der Waals surface area (Å²) >= 11 is 0. The minimum Gasteiger partial charge on any atom is -0.338 e. The monoisotopic (exact) mass is 254 g/mol. The van der Waals surface area contributed by atoms with E-state index in [1.54, 1.807) is 0 Å². The van der Waals surface area contributed by atoms with Crippen LogP contribution < -0.4 is 10.6 Å². The molecule has 0 spiro atoms. The van der Waals surface area contributed by atoms with E-state index in [-0.39, 0.29) is 6.03 Å². The number of anilines is 1. The molecule has 0 atom stereocenters. The summed E-state index contributed by atoms with van der Waals surface area (Å²) in [6.45, 7) is 2.71. The van der Waals surface area contributed by atoms with Crippen molar-refractivity contribution in [1.82, 2.24) is 5.32 Å².